The molecule has 2 rings (SSSR count). The van der Waals surface area contributed by atoms with Gasteiger partial charge in [0.25, 0.3) is 0 Å². The number of pyridine rings is 1. The third-order valence-electron chi connectivity index (χ3n) is 2.13. The van der Waals surface area contributed by atoms with E-state index >= 15 is 0 Å². The molecule has 16 heavy (non-hydrogen) atoms. The molecular weight excluding hydrogens is 230 g/mol. The van der Waals surface area contributed by atoms with Crippen LogP contribution in [0, 0.1) is 0 Å². The van der Waals surface area contributed by atoms with Crippen LogP contribution in [-0.4, -0.2) is 33.9 Å². The van der Waals surface area contributed by atoms with Gasteiger partial charge in [-0.3, -0.25) is 4.79 Å². The second kappa shape index (κ2) is 4.52. The highest BCUT2D eigenvalue weighted by atomic mass is 32.2. The number of thioether (sulfide) groups is 1. The molecule has 1 aromatic heterocycles. The molecule has 0 saturated carbocycles. The van der Waals surface area contributed by atoms with Gasteiger partial charge in [-0.1, -0.05) is 11.8 Å². The minimum Gasteiger partial charge on any atom is -0.478 e. The van der Waals surface area contributed by atoms with E-state index in [0.717, 1.165) is 0 Å². The van der Waals surface area contributed by atoms with Gasteiger partial charge in [-0.25, -0.2) is 9.78 Å². The summed E-state index contributed by atoms with van der Waals surface area (Å²) in [6.45, 7) is 0.448. The van der Waals surface area contributed by atoms with Crippen molar-refractivity contribution in [1.82, 2.24) is 4.98 Å². The summed E-state index contributed by atoms with van der Waals surface area (Å²) in [6.07, 6.45) is 1.96. The first kappa shape index (κ1) is 10.9. The lowest BCUT2D eigenvalue weighted by atomic mass is 10.3. The van der Waals surface area contributed by atoms with Crippen molar-refractivity contribution >= 4 is 23.7 Å². The van der Waals surface area contributed by atoms with E-state index in [4.69, 9.17) is 9.84 Å². The van der Waals surface area contributed by atoms with Gasteiger partial charge in [-0.05, 0) is 12.1 Å². The fourth-order valence-corrected chi connectivity index (χ4v) is 2.24. The first-order chi connectivity index (χ1) is 7.66. The average Bonchev–Trinajstić information content (AvgIpc) is 2.65. The van der Waals surface area contributed by atoms with Crippen LogP contribution < -0.4 is 0 Å². The number of esters is 1. The number of nitrogens with zero attached hydrogens (tertiary/aromatic N) is 1. The van der Waals surface area contributed by atoms with Gasteiger partial charge in [0.2, 0.25) is 0 Å². The van der Waals surface area contributed by atoms with Gasteiger partial charge in [0.05, 0.1) is 17.2 Å². The quantitative estimate of drug-likeness (QED) is 0.798. The summed E-state index contributed by atoms with van der Waals surface area (Å²) in [4.78, 5) is 25.7. The number of hydrogen-bond donors (Lipinski definition) is 1. The molecule has 5 nitrogen and oxygen atoms in total. The number of carboxylic acid groups (broad SMARTS) is 1. The summed E-state index contributed by atoms with van der Waals surface area (Å²) in [7, 11) is 0. The zero-order valence-electron chi connectivity index (χ0n) is 8.25. The number of ether oxygens (including phenoxy) is 1. The molecule has 1 saturated heterocycles. The second-order valence-electron chi connectivity index (χ2n) is 3.25. The van der Waals surface area contributed by atoms with Gasteiger partial charge >= 0.3 is 11.9 Å². The molecule has 0 aromatic carbocycles. The molecule has 0 radical (unpaired) electrons. The Kier molecular flexibility index (Phi) is 3.09. The van der Waals surface area contributed by atoms with Crippen LogP contribution in [0.2, 0.25) is 0 Å². The van der Waals surface area contributed by atoms with E-state index in [2.05, 4.69) is 4.98 Å². The summed E-state index contributed by atoms with van der Waals surface area (Å²) in [5.41, 5.74) is 0.137. The Hall–Kier alpha value is -1.56. The van der Waals surface area contributed by atoms with Crippen molar-refractivity contribution < 1.29 is 19.4 Å². The zero-order valence-corrected chi connectivity index (χ0v) is 9.07. The number of hydrogen-bond acceptors (Lipinski definition) is 5. The van der Waals surface area contributed by atoms with E-state index in [1.807, 2.05) is 0 Å². The summed E-state index contributed by atoms with van der Waals surface area (Å²) >= 11 is 1.30. The lowest BCUT2D eigenvalue weighted by Crippen LogP contribution is -2.09. The third kappa shape index (κ3) is 2.33. The number of cyclic esters (lactones) is 1. The SMILES string of the molecule is O=C(O)c1ccc(SC2CCOC2=O)nc1. The molecule has 1 atom stereocenters. The largest absolute Gasteiger partial charge is 0.478 e. The molecule has 1 aliphatic heterocycles. The zero-order chi connectivity index (χ0) is 11.5. The normalized spacial score (nSPS) is 19.5. The van der Waals surface area contributed by atoms with Crippen LogP contribution in [0.3, 0.4) is 0 Å². The minimum atomic E-state index is -1.01. The maximum atomic E-state index is 11.2. The monoisotopic (exact) mass is 239 g/mol. The van der Waals surface area contributed by atoms with Crippen LogP contribution in [0.4, 0.5) is 0 Å². The first-order valence-electron chi connectivity index (χ1n) is 4.69. The smallest absolute Gasteiger partial charge is 0.337 e. The Morgan fingerprint density at radius 1 is 1.56 bits per heavy atom. The topological polar surface area (TPSA) is 76.5 Å². The molecular formula is C10H9NO4S. The van der Waals surface area contributed by atoms with Crippen molar-refractivity contribution in [3.63, 3.8) is 0 Å². The van der Waals surface area contributed by atoms with Crippen LogP contribution >= 0.6 is 11.8 Å². The van der Waals surface area contributed by atoms with Crippen LogP contribution in [0.5, 0.6) is 0 Å². The highest BCUT2D eigenvalue weighted by Crippen LogP contribution is 2.27. The summed E-state index contributed by atoms with van der Waals surface area (Å²) in [5, 5.41) is 9.09. The number of aromatic carboxylic acids is 1. The van der Waals surface area contributed by atoms with Gasteiger partial charge in [0, 0.05) is 12.6 Å². The molecule has 1 N–H and O–H groups in total. The Morgan fingerprint density at radius 2 is 2.38 bits per heavy atom. The molecule has 2 heterocycles. The van der Waals surface area contributed by atoms with Gasteiger partial charge in [-0.2, -0.15) is 0 Å². The standard InChI is InChI=1S/C10H9NO4S/c12-9(13)6-1-2-8(11-5-6)16-7-3-4-15-10(7)14/h1-2,5,7H,3-4H2,(H,12,13). The van der Waals surface area contributed by atoms with E-state index < -0.39 is 5.97 Å². The predicted molar refractivity (Wildman–Crippen MR) is 56.4 cm³/mol. The first-order valence-corrected chi connectivity index (χ1v) is 5.57. The van der Waals surface area contributed by atoms with Crippen molar-refractivity contribution in [2.24, 2.45) is 0 Å². The molecule has 84 valence electrons. The highest BCUT2D eigenvalue weighted by Gasteiger charge is 2.27. The van der Waals surface area contributed by atoms with Crippen molar-refractivity contribution in [2.75, 3.05) is 6.61 Å². The van der Waals surface area contributed by atoms with Crippen molar-refractivity contribution in [2.45, 2.75) is 16.7 Å². The van der Waals surface area contributed by atoms with E-state index in [1.54, 1.807) is 6.07 Å². The van der Waals surface area contributed by atoms with Gasteiger partial charge < -0.3 is 9.84 Å². The Labute approximate surface area is 95.8 Å². The van der Waals surface area contributed by atoms with E-state index in [1.165, 1.54) is 24.0 Å². The fourth-order valence-electron chi connectivity index (χ4n) is 1.31. The Morgan fingerprint density at radius 3 is 2.88 bits per heavy atom. The molecule has 0 bridgehead atoms. The molecule has 1 aliphatic rings. The molecule has 0 aliphatic carbocycles. The predicted octanol–water partition coefficient (Wildman–Crippen LogP) is 1.19. The molecule has 6 heteroatoms. The molecule has 1 aromatic rings. The molecule has 1 unspecified atom stereocenters. The number of aromatic nitrogens is 1. The maximum Gasteiger partial charge on any atom is 0.337 e. The lowest BCUT2D eigenvalue weighted by Gasteiger charge is -2.04. The molecule has 0 amide bonds. The third-order valence-corrected chi connectivity index (χ3v) is 3.33. The van der Waals surface area contributed by atoms with E-state index in [0.29, 0.717) is 18.1 Å². The van der Waals surface area contributed by atoms with E-state index in [-0.39, 0.29) is 16.8 Å². The number of carboxylic acids is 1. The van der Waals surface area contributed by atoms with Crippen molar-refractivity contribution in [1.29, 1.82) is 0 Å². The molecule has 1 fully saturated rings. The van der Waals surface area contributed by atoms with Crippen LogP contribution in [-0.2, 0) is 9.53 Å². The molecule has 0 spiro atoms. The maximum absolute atomic E-state index is 11.2. The number of rotatable bonds is 3. The average molecular weight is 239 g/mol. The lowest BCUT2D eigenvalue weighted by molar-refractivity contribution is -0.137. The van der Waals surface area contributed by atoms with Gasteiger partial charge in [0.15, 0.2) is 0 Å². The Bertz CT molecular complexity index is 417. The van der Waals surface area contributed by atoms with Gasteiger partial charge in [0.1, 0.15) is 5.25 Å². The summed E-state index contributed by atoms with van der Waals surface area (Å²) < 4.78 is 4.82. The van der Waals surface area contributed by atoms with Crippen LogP contribution in [0.25, 0.3) is 0 Å². The van der Waals surface area contributed by atoms with Crippen LogP contribution in [0.15, 0.2) is 23.4 Å². The number of carbonyl (C=O) groups excluding carboxylic acids is 1. The van der Waals surface area contributed by atoms with E-state index in [9.17, 15) is 9.59 Å². The Balaban J connectivity index is 2.05. The number of carbonyl (C=O) groups is 2. The minimum absolute atomic E-state index is 0.137. The van der Waals surface area contributed by atoms with Crippen molar-refractivity contribution in [3.8, 4) is 0 Å². The second-order valence-corrected chi connectivity index (χ2v) is 4.48. The van der Waals surface area contributed by atoms with Crippen molar-refractivity contribution in [3.05, 3.63) is 23.9 Å². The van der Waals surface area contributed by atoms with Crippen LogP contribution in [0.1, 0.15) is 16.8 Å². The summed E-state index contributed by atoms with van der Waals surface area (Å²) in [5.74, 6) is -1.24. The highest BCUT2D eigenvalue weighted by molar-refractivity contribution is 8.00. The fraction of sp³-hybridized carbons (Fsp3) is 0.300. The van der Waals surface area contributed by atoms with Gasteiger partial charge in [-0.15, -0.1) is 0 Å². The summed E-state index contributed by atoms with van der Waals surface area (Å²) in [6, 6.07) is 3.07.